The maximum absolute atomic E-state index is 13.0. The number of carbonyl (C=O) groups is 3. The van der Waals surface area contributed by atoms with E-state index in [-0.39, 0.29) is 30.1 Å². The molecular weight excluding hydrogens is 462 g/mol. The minimum Gasteiger partial charge on any atom is -0.353 e. The number of fused-ring (bicyclic) bond motifs is 1. The predicted octanol–water partition coefficient (Wildman–Crippen LogP) is 3.32. The van der Waals surface area contributed by atoms with E-state index in [4.69, 9.17) is 0 Å². The second kappa shape index (κ2) is 10.5. The average Bonchev–Trinajstić information content (AvgIpc) is 3.29. The van der Waals surface area contributed by atoms with Crippen LogP contribution in [0.3, 0.4) is 0 Å². The molecule has 0 saturated carbocycles. The Morgan fingerprint density at radius 1 is 1.06 bits per heavy atom. The first kappa shape index (κ1) is 23.3. The fourth-order valence-corrected chi connectivity index (χ4v) is 5.57. The summed E-state index contributed by atoms with van der Waals surface area (Å²) in [6, 6.07) is 13.9. The molecule has 9 heteroatoms. The first-order valence-electron chi connectivity index (χ1n) is 11.9. The van der Waals surface area contributed by atoms with Gasteiger partial charge in [0.2, 0.25) is 5.91 Å². The van der Waals surface area contributed by atoms with Gasteiger partial charge in [0.1, 0.15) is 0 Å². The molecule has 0 radical (unpaired) electrons. The van der Waals surface area contributed by atoms with Gasteiger partial charge in [0.15, 0.2) is 10.9 Å². The molecule has 1 aliphatic heterocycles. The van der Waals surface area contributed by atoms with E-state index in [1.807, 2.05) is 6.07 Å². The second-order valence-electron chi connectivity index (χ2n) is 9.06. The van der Waals surface area contributed by atoms with E-state index in [0.29, 0.717) is 27.7 Å². The van der Waals surface area contributed by atoms with Crippen molar-refractivity contribution in [3.05, 3.63) is 76.6 Å². The van der Waals surface area contributed by atoms with Gasteiger partial charge in [-0.25, -0.2) is 4.98 Å². The van der Waals surface area contributed by atoms with Crippen molar-refractivity contribution < 1.29 is 14.4 Å². The molecule has 3 heterocycles. The van der Waals surface area contributed by atoms with E-state index >= 15 is 0 Å². The van der Waals surface area contributed by atoms with Gasteiger partial charge in [-0.2, -0.15) is 0 Å². The minimum absolute atomic E-state index is 0.0838. The molecule has 0 spiro atoms. The highest BCUT2D eigenvalue weighted by Gasteiger charge is 2.34. The average molecular weight is 490 g/mol. The molecule has 1 atom stereocenters. The molecule has 2 aliphatic rings. The third-order valence-corrected chi connectivity index (χ3v) is 7.57. The molecule has 2 aromatic heterocycles. The number of nitrogens with zero attached hydrogens (tertiary/aromatic N) is 3. The fourth-order valence-electron chi connectivity index (χ4n) is 4.63. The van der Waals surface area contributed by atoms with Gasteiger partial charge in [-0.3, -0.25) is 29.6 Å². The zero-order chi connectivity index (χ0) is 24.2. The van der Waals surface area contributed by atoms with E-state index in [1.165, 1.54) is 23.1 Å². The maximum Gasteiger partial charge on any atom is 0.259 e. The van der Waals surface area contributed by atoms with Crippen molar-refractivity contribution in [1.29, 1.82) is 0 Å². The lowest BCUT2D eigenvalue weighted by Gasteiger charge is -2.33. The highest BCUT2D eigenvalue weighted by molar-refractivity contribution is 7.17. The molecule has 0 unspecified atom stereocenters. The van der Waals surface area contributed by atoms with E-state index < -0.39 is 5.92 Å². The lowest BCUT2D eigenvalue weighted by molar-refractivity contribution is -0.126. The number of hydrogen-bond donors (Lipinski definition) is 2. The van der Waals surface area contributed by atoms with Crippen LogP contribution in [0.1, 0.15) is 50.5 Å². The van der Waals surface area contributed by atoms with Gasteiger partial charge >= 0.3 is 0 Å². The Morgan fingerprint density at radius 3 is 2.60 bits per heavy atom. The zero-order valence-corrected chi connectivity index (χ0v) is 20.1. The number of benzene rings is 1. The Bertz CT molecular complexity index is 1210. The quantitative estimate of drug-likeness (QED) is 0.551. The molecule has 2 N–H and O–H groups in total. The highest BCUT2D eigenvalue weighted by Crippen LogP contribution is 2.32. The number of anilines is 1. The summed E-state index contributed by atoms with van der Waals surface area (Å²) in [5.74, 6) is -0.936. The first-order valence-corrected chi connectivity index (χ1v) is 12.7. The molecular formula is C26H27N5O3S. The topological polar surface area (TPSA) is 104 Å². The lowest BCUT2D eigenvalue weighted by atomic mass is 9.89. The molecule has 1 aromatic carbocycles. The zero-order valence-electron chi connectivity index (χ0n) is 19.3. The van der Waals surface area contributed by atoms with Crippen LogP contribution in [0.15, 0.2) is 54.9 Å². The smallest absolute Gasteiger partial charge is 0.259 e. The van der Waals surface area contributed by atoms with Gasteiger partial charge in [-0.1, -0.05) is 41.7 Å². The summed E-state index contributed by atoms with van der Waals surface area (Å²) < 4.78 is 0. The molecule has 180 valence electrons. The molecule has 35 heavy (non-hydrogen) atoms. The summed E-state index contributed by atoms with van der Waals surface area (Å²) in [7, 11) is 0. The number of amides is 2. The van der Waals surface area contributed by atoms with Gasteiger partial charge < -0.3 is 5.32 Å². The van der Waals surface area contributed by atoms with Crippen LogP contribution in [0.2, 0.25) is 0 Å². The molecule has 3 aromatic rings. The number of thiazole rings is 1. The third-order valence-electron chi connectivity index (χ3n) is 6.52. The Morgan fingerprint density at radius 2 is 1.86 bits per heavy atom. The van der Waals surface area contributed by atoms with Crippen LogP contribution in [0.5, 0.6) is 0 Å². The largest absolute Gasteiger partial charge is 0.353 e. The second-order valence-corrected chi connectivity index (χ2v) is 10.1. The molecule has 2 amide bonds. The Kier molecular flexibility index (Phi) is 6.96. The molecule has 0 bridgehead atoms. The number of ketones is 1. The summed E-state index contributed by atoms with van der Waals surface area (Å²) in [5, 5.41) is 6.27. The van der Waals surface area contributed by atoms with Gasteiger partial charge in [-0.05, 0) is 30.5 Å². The summed E-state index contributed by atoms with van der Waals surface area (Å²) in [4.78, 5) is 49.5. The van der Waals surface area contributed by atoms with E-state index in [1.54, 1.807) is 18.3 Å². The third kappa shape index (κ3) is 5.63. The summed E-state index contributed by atoms with van der Waals surface area (Å²) in [6.07, 6.45) is 5.43. The first-order chi connectivity index (χ1) is 17.0. The molecule has 1 fully saturated rings. The monoisotopic (exact) mass is 489 g/mol. The number of rotatable bonds is 6. The van der Waals surface area contributed by atoms with Crippen molar-refractivity contribution >= 4 is 34.1 Å². The number of aromatic nitrogens is 2. The van der Waals surface area contributed by atoms with Crippen molar-refractivity contribution in [2.45, 2.75) is 38.3 Å². The van der Waals surface area contributed by atoms with Gasteiger partial charge in [0, 0.05) is 50.9 Å². The Labute approximate surface area is 207 Å². The molecule has 1 saturated heterocycles. The summed E-state index contributed by atoms with van der Waals surface area (Å²) >= 11 is 1.17. The lowest BCUT2D eigenvalue weighted by Crippen LogP contribution is -2.47. The van der Waals surface area contributed by atoms with Crippen molar-refractivity contribution in [3.63, 3.8) is 0 Å². The van der Waals surface area contributed by atoms with E-state index in [2.05, 4.69) is 49.8 Å². The highest BCUT2D eigenvalue weighted by atomic mass is 32.1. The summed E-state index contributed by atoms with van der Waals surface area (Å²) in [6.45, 7) is 2.78. The van der Waals surface area contributed by atoms with Crippen LogP contribution in [0, 0.1) is 5.92 Å². The predicted molar refractivity (Wildman–Crippen MR) is 133 cm³/mol. The minimum atomic E-state index is -0.429. The molecule has 1 aliphatic carbocycles. The summed E-state index contributed by atoms with van der Waals surface area (Å²) in [5.41, 5.74) is 2.30. The Balaban J connectivity index is 1.14. The van der Waals surface area contributed by atoms with E-state index in [0.717, 1.165) is 32.5 Å². The van der Waals surface area contributed by atoms with Crippen LogP contribution >= 0.6 is 11.3 Å². The number of Topliss-reactive ketones (excluding diaryl/α,β-unsaturated/α-hetero) is 1. The number of nitrogens with one attached hydrogen (secondary N) is 2. The number of likely N-dealkylation sites (tertiary alicyclic amines) is 1. The van der Waals surface area contributed by atoms with Crippen LogP contribution in [-0.2, 0) is 17.8 Å². The van der Waals surface area contributed by atoms with Crippen LogP contribution in [0.4, 0.5) is 5.13 Å². The van der Waals surface area contributed by atoms with Crippen LogP contribution in [0.25, 0.3) is 0 Å². The van der Waals surface area contributed by atoms with Gasteiger partial charge in [0.05, 0.1) is 22.1 Å². The SMILES string of the molecule is O=C(Nc1nc2c(s1)C(=O)C[C@H](C(=O)NC1CCN(Cc3ccccc3)CC1)C2)c1cccnc1. The van der Waals surface area contributed by atoms with E-state index in [9.17, 15) is 14.4 Å². The van der Waals surface area contributed by atoms with Crippen molar-refractivity contribution in [1.82, 2.24) is 20.2 Å². The number of pyridine rings is 1. The fraction of sp³-hybridized carbons (Fsp3) is 0.346. The normalized spacial score (nSPS) is 18.6. The maximum atomic E-state index is 13.0. The van der Waals surface area contributed by atoms with Crippen molar-refractivity contribution in [3.8, 4) is 0 Å². The van der Waals surface area contributed by atoms with Crippen molar-refractivity contribution in [2.24, 2.45) is 5.92 Å². The van der Waals surface area contributed by atoms with Gasteiger partial charge in [-0.15, -0.1) is 0 Å². The van der Waals surface area contributed by atoms with Gasteiger partial charge in [0.25, 0.3) is 5.91 Å². The van der Waals surface area contributed by atoms with Crippen LogP contribution < -0.4 is 10.6 Å². The van der Waals surface area contributed by atoms with Crippen molar-refractivity contribution in [2.75, 3.05) is 18.4 Å². The molecule has 8 nitrogen and oxygen atoms in total. The number of carbonyl (C=O) groups excluding carboxylic acids is 3. The molecule has 5 rings (SSSR count). The van der Waals surface area contributed by atoms with Crippen LogP contribution in [-0.4, -0.2) is 51.6 Å². The number of hydrogen-bond acceptors (Lipinski definition) is 7. The Hall–Kier alpha value is -3.43. The number of piperidine rings is 1. The standard InChI is InChI=1S/C26H27N5O3S/c32-22-14-19(13-21-23(22)35-26(29-21)30-24(33)18-7-4-10-27-15-18)25(34)28-20-8-11-31(12-9-20)16-17-5-2-1-3-6-17/h1-7,10,15,19-20H,8-9,11-14,16H2,(H,28,34)(H,29,30,33)/t19-/m1/s1.